The van der Waals surface area contributed by atoms with E-state index in [1.807, 2.05) is 0 Å². The number of sulfone groups is 1. The van der Waals surface area contributed by atoms with Gasteiger partial charge in [-0.15, -0.1) is 0 Å². The Labute approximate surface area is 154 Å². The van der Waals surface area contributed by atoms with Crippen molar-refractivity contribution in [2.75, 3.05) is 0 Å². The van der Waals surface area contributed by atoms with Gasteiger partial charge in [0.15, 0.2) is 6.10 Å². The molecule has 1 aliphatic rings. The van der Waals surface area contributed by atoms with Gasteiger partial charge < -0.3 is 4.74 Å². The number of aryl methyl sites for hydroxylation is 1. The molecule has 0 fully saturated rings. The Kier molecular flexibility index (Phi) is 4.74. The van der Waals surface area contributed by atoms with Gasteiger partial charge in [0.05, 0.1) is 10.8 Å². The molecule has 2 atom stereocenters. The van der Waals surface area contributed by atoms with Crippen molar-refractivity contribution in [2.24, 2.45) is 0 Å². The topological polar surface area (TPSA) is 67.2 Å². The highest BCUT2D eigenvalue weighted by Crippen LogP contribution is 2.48. The van der Waals surface area contributed by atoms with E-state index in [0.29, 0.717) is 0 Å². The lowest BCUT2D eigenvalue weighted by atomic mass is 9.94. The number of halogens is 3. The lowest BCUT2D eigenvalue weighted by molar-refractivity contribution is -0.130. The van der Waals surface area contributed by atoms with E-state index in [9.17, 15) is 26.9 Å². The molecule has 0 saturated heterocycles. The van der Waals surface area contributed by atoms with Crippen LogP contribution in [0.1, 0.15) is 17.0 Å². The van der Waals surface area contributed by atoms with Crippen molar-refractivity contribution >= 4 is 9.84 Å². The van der Waals surface area contributed by atoms with Crippen LogP contribution >= 0.6 is 0 Å². The van der Waals surface area contributed by atoms with Crippen LogP contribution in [0.4, 0.5) is 13.2 Å². The average molecular weight is 393 g/mol. The summed E-state index contributed by atoms with van der Waals surface area (Å²) in [5, 5.41) is 9.31. The number of benzene rings is 2. The summed E-state index contributed by atoms with van der Waals surface area (Å²) in [7, 11) is -4.54. The highest BCUT2D eigenvalue weighted by molar-refractivity contribution is 7.95. The molecule has 3 rings (SSSR count). The molecule has 2 unspecified atom stereocenters. The Morgan fingerprint density at radius 2 is 1.63 bits per heavy atom. The zero-order valence-electron chi connectivity index (χ0n) is 14.1. The summed E-state index contributed by atoms with van der Waals surface area (Å²) in [6.07, 6.45) is -6.65. The minimum Gasteiger partial charge on any atom is -0.468 e. The number of allylic oxidation sites excluding steroid dienone is 1. The first-order valence-electron chi connectivity index (χ1n) is 7.90. The van der Waals surface area contributed by atoms with Gasteiger partial charge in [-0.25, -0.2) is 8.42 Å². The zero-order valence-corrected chi connectivity index (χ0v) is 14.9. The van der Waals surface area contributed by atoms with E-state index in [2.05, 4.69) is 0 Å². The second kappa shape index (κ2) is 6.74. The van der Waals surface area contributed by atoms with E-state index in [4.69, 9.17) is 4.74 Å². The molecular formula is C19H14F3NO3S. The van der Waals surface area contributed by atoms with Gasteiger partial charge in [0.1, 0.15) is 11.0 Å². The minimum atomic E-state index is -5.05. The summed E-state index contributed by atoms with van der Waals surface area (Å²) in [5.74, 6) is -3.01. The summed E-state index contributed by atoms with van der Waals surface area (Å²) < 4.78 is 71.7. The first-order valence-corrected chi connectivity index (χ1v) is 9.39. The van der Waals surface area contributed by atoms with Crippen LogP contribution in [0, 0.1) is 18.3 Å². The van der Waals surface area contributed by atoms with E-state index in [0.717, 1.165) is 5.56 Å². The lowest BCUT2D eigenvalue weighted by Crippen LogP contribution is -2.19. The monoisotopic (exact) mass is 393 g/mol. The largest absolute Gasteiger partial charge is 0.468 e. The maximum atomic E-state index is 13.6. The second-order valence-corrected chi connectivity index (χ2v) is 7.98. The Morgan fingerprint density at radius 3 is 2.15 bits per heavy atom. The van der Waals surface area contributed by atoms with Crippen molar-refractivity contribution in [2.45, 2.75) is 30.0 Å². The highest BCUT2D eigenvalue weighted by Gasteiger charge is 2.53. The Morgan fingerprint density at radius 1 is 1.04 bits per heavy atom. The Bertz CT molecular complexity index is 1020. The summed E-state index contributed by atoms with van der Waals surface area (Å²) in [5.41, 5.74) is 1.02. The van der Waals surface area contributed by atoms with Crippen molar-refractivity contribution < 1.29 is 26.3 Å². The maximum absolute atomic E-state index is 13.6. The number of ether oxygens (including phenoxy) is 1. The molecule has 2 aromatic carbocycles. The van der Waals surface area contributed by atoms with Crippen LogP contribution < -0.4 is 0 Å². The third-order valence-corrected chi connectivity index (χ3v) is 6.13. The number of nitrogens with zero attached hydrogens (tertiary/aromatic N) is 1. The van der Waals surface area contributed by atoms with Crippen molar-refractivity contribution in [3.8, 4) is 6.07 Å². The fraction of sp³-hybridized carbons (Fsp3) is 0.211. The summed E-state index contributed by atoms with van der Waals surface area (Å²) in [4.78, 5) is -1.22. The number of hydrogen-bond donors (Lipinski definition) is 0. The van der Waals surface area contributed by atoms with Gasteiger partial charge in [-0.05, 0) is 24.6 Å². The van der Waals surface area contributed by atoms with Crippen LogP contribution in [0.25, 0.3) is 0 Å². The second-order valence-electron chi connectivity index (χ2n) is 6.06. The van der Waals surface area contributed by atoms with Crippen molar-refractivity contribution in [1.29, 1.82) is 5.26 Å². The Balaban J connectivity index is 2.28. The predicted molar refractivity (Wildman–Crippen MR) is 91.1 cm³/mol. The smallest absolute Gasteiger partial charge is 0.450 e. The number of rotatable bonds is 3. The summed E-state index contributed by atoms with van der Waals surface area (Å²) in [6.45, 7) is 1.73. The van der Waals surface area contributed by atoms with E-state index < -0.39 is 38.7 Å². The molecule has 0 spiro atoms. The van der Waals surface area contributed by atoms with E-state index >= 15 is 0 Å². The lowest BCUT2D eigenvalue weighted by Gasteiger charge is -2.17. The van der Waals surface area contributed by atoms with E-state index in [1.54, 1.807) is 31.2 Å². The number of hydrogen-bond acceptors (Lipinski definition) is 4. The predicted octanol–water partition coefficient (Wildman–Crippen LogP) is 4.25. The average Bonchev–Trinajstić information content (AvgIpc) is 3.04. The molecule has 27 heavy (non-hydrogen) atoms. The van der Waals surface area contributed by atoms with Crippen LogP contribution in [-0.2, 0) is 14.6 Å². The van der Waals surface area contributed by atoms with Crippen LogP contribution in [0.2, 0.25) is 0 Å². The van der Waals surface area contributed by atoms with Gasteiger partial charge in [-0.3, -0.25) is 0 Å². The van der Waals surface area contributed by atoms with Gasteiger partial charge in [0.2, 0.25) is 15.6 Å². The summed E-state index contributed by atoms with van der Waals surface area (Å²) in [6, 6.07) is 14.8. The first kappa shape index (κ1) is 19.0. The van der Waals surface area contributed by atoms with Gasteiger partial charge in [-0.1, -0.05) is 48.0 Å². The fourth-order valence-corrected chi connectivity index (χ4v) is 4.71. The molecule has 0 N–H and O–H groups in total. The summed E-state index contributed by atoms with van der Waals surface area (Å²) >= 11 is 0. The zero-order chi connectivity index (χ0) is 19.8. The molecule has 0 amide bonds. The standard InChI is InChI=1S/C19H14F3NO3S/c1-12-7-9-14(10-8-12)27(24,25)17-16(13-5-3-2-4-6-13)15(11-23)26-18(17)19(20,21)22/h2-10,15-16H,1H3. The molecule has 8 heteroatoms. The van der Waals surface area contributed by atoms with Gasteiger partial charge in [0, 0.05) is 0 Å². The highest BCUT2D eigenvalue weighted by atomic mass is 32.2. The van der Waals surface area contributed by atoms with Gasteiger partial charge in [-0.2, -0.15) is 18.4 Å². The third-order valence-electron chi connectivity index (χ3n) is 4.22. The Hall–Kier alpha value is -2.79. The molecule has 1 heterocycles. The molecule has 2 aromatic rings. The van der Waals surface area contributed by atoms with Crippen molar-refractivity contribution in [3.63, 3.8) is 0 Å². The number of alkyl halides is 3. The normalized spacial score (nSPS) is 20.3. The molecule has 0 aromatic heterocycles. The molecular weight excluding hydrogens is 379 g/mol. The fourth-order valence-electron chi connectivity index (χ4n) is 2.96. The molecule has 4 nitrogen and oxygen atoms in total. The molecule has 0 saturated carbocycles. The van der Waals surface area contributed by atoms with E-state index in [-0.39, 0.29) is 10.5 Å². The van der Waals surface area contributed by atoms with Crippen LogP contribution in [-0.4, -0.2) is 20.7 Å². The third kappa shape index (κ3) is 3.43. The quantitative estimate of drug-likeness (QED) is 0.782. The maximum Gasteiger partial charge on any atom is 0.450 e. The van der Waals surface area contributed by atoms with Crippen LogP contribution in [0.15, 0.2) is 70.2 Å². The van der Waals surface area contributed by atoms with Crippen LogP contribution in [0.3, 0.4) is 0 Å². The SMILES string of the molecule is Cc1ccc(S(=O)(=O)C2=C(C(F)(F)F)OC(C#N)C2c2ccccc2)cc1. The van der Waals surface area contributed by atoms with Crippen molar-refractivity contribution in [1.82, 2.24) is 0 Å². The number of nitriles is 1. The van der Waals surface area contributed by atoms with Gasteiger partial charge >= 0.3 is 6.18 Å². The molecule has 0 radical (unpaired) electrons. The van der Waals surface area contributed by atoms with Crippen molar-refractivity contribution in [3.05, 3.63) is 76.4 Å². The molecule has 1 aliphatic heterocycles. The molecule has 140 valence electrons. The van der Waals surface area contributed by atoms with E-state index in [1.165, 1.54) is 36.4 Å². The van der Waals surface area contributed by atoms with Crippen LogP contribution in [0.5, 0.6) is 0 Å². The first-order chi connectivity index (χ1) is 12.7. The molecule has 0 aliphatic carbocycles. The van der Waals surface area contributed by atoms with Gasteiger partial charge in [0.25, 0.3) is 0 Å². The molecule has 0 bridgehead atoms. The minimum absolute atomic E-state index is 0.258.